The van der Waals surface area contributed by atoms with Crippen molar-refractivity contribution in [2.45, 2.75) is 30.4 Å². The lowest BCUT2D eigenvalue weighted by atomic mass is 10.0. The van der Waals surface area contributed by atoms with Gasteiger partial charge in [-0.3, -0.25) is 14.3 Å². The number of nitrogens with zero attached hydrogens (tertiary/aromatic N) is 1. The summed E-state index contributed by atoms with van der Waals surface area (Å²) in [6.07, 6.45) is 1.68. The van der Waals surface area contributed by atoms with Crippen LogP contribution in [0.3, 0.4) is 0 Å². The number of amides is 2. The first-order valence-corrected chi connectivity index (χ1v) is 16.0. The zero-order valence-corrected chi connectivity index (χ0v) is 25.8. The van der Waals surface area contributed by atoms with Crippen LogP contribution in [0.25, 0.3) is 0 Å². The van der Waals surface area contributed by atoms with Gasteiger partial charge in [0.1, 0.15) is 29.2 Å². The van der Waals surface area contributed by atoms with E-state index in [1.807, 2.05) is 30.3 Å². The van der Waals surface area contributed by atoms with E-state index in [4.69, 9.17) is 9.15 Å². The van der Waals surface area contributed by atoms with Gasteiger partial charge in [0, 0.05) is 18.7 Å². The van der Waals surface area contributed by atoms with Gasteiger partial charge in [0.2, 0.25) is 5.91 Å². The molecule has 2 N–H and O–H groups in total. The highest BCUT2D eigenvalue weighted by molar-refractivity contribution is 7.92. The molecule has 1 unspecified atom stereocenters. The number of carbonyl (C=O) groups is 2. The number of hydrogen-bond acceptors (Lipinski definition) is 6. The summed E-state index contributed by atoms with van der Waals surface area (Å²) in [6, 6.07) is 27.6. The van der Waals surface area contributed by atoms with E-state index in [2.05, 4.69) is 10.0 Å². The summed E-state index contributed by atoms with van der Waals surface area (Å²) in [5.74, 6) is -1.15. The molecule has 12 heteroatoms. The second kappa shape index (κ2) is 15.2. The predicted octanol–water partition coefficient (Wildman–Crippen LogP) is 5.69. The molecule has 0 spiro atoms. The van der Waals surface area contributed by atoms with Gasteiger partial charge in [-0.25, -0.2) is 17.2 Å². The maximum absolute atomic E-state index is 13.8. The molecule has 0 aliphatic carbocycles. The van der Waals surface area contributed by atoms with Crippen molar-refractivity contribution in [2.24, 2.45) is 0 Å². The number of carbonyl (C=O) groups excluding carboxylic acids is 2. The molecule has 0 saturated carbocycles. The van der Waals surface area contributed by atoms with Crippen molar-refractivity contribution in [3.05, 3.63) is 150 Å². The first kappa shape index (κ1) is 32.9. The Kier molecular flexibility index (Phi) is 10.6. The number of ether oxygens (including phenoxy) is 1. The summed E-state index contributed by atoms with van der Waals surface area (Å²) >= 11 is 0. The van der Waals surface area contributed by atoms with Gasteiger partial charge in [-0.2, -0.15) is 0 Å². The Balaban J connectivity index is 1.34. The van der Waals surface area contributed by atoms with E-state index in [9.17, 15) is 26.8 Å². The molecule has 0 fully saturated rings. The van der Waals surface area contributed by atoms with Crippen molar-refractivity contribution >= 4 is 27.5 Å². The van der Waals surface area contributed by atoms with E-state index < -0.39 is 46.1 Å². The number of hydrogen-bond donors (Lipinski definition) is 2. The van der Waals surface area contributed by atoms with Crippen LogP contribution in [0.4, 0.5) is 14.5 Å². The predicted molar refractivity (Wildman–Crippen MR) is 171 cm³/mol. The lowest BCUT2D eigenvalue weighted by molar-refractivity contribution is -0.142. The maximum Gasteiger partial charge on any atom is 0.261 e. The summed E-state index contributed by atoms with van der Waals surface area (Å²) in [5.41, 5.74) is 1.60. The SMILES string of the molecule is O=C(NCc1ccco1)C(Cc1ccccc1)N(Cc1ccc(F)cc1)C(=O)COc1ccc(S(=O)(=O)Nc2ccc(F)cc2)cc1. The van der Waals surface area contributed by atoms with E-state index >= 15 is 0 Å². The topological polar surface area (TPSA) is 118 Å². The van der Waals surface area contributed by atoms with Crippen LogP contribution in [0, 0.1) is 11.6 Å². The summed E-state index contributed by atoms with van der Waals surface area (Å²) in [7, 11) is -3.98. The summed E-state index contributed by atoms with van der Waals surface area (Å²) in [5, 5.41) is 2.84. The van der Waals surface area contributed by atoms with Crippen LogP contribution in [0.1, 0.15) is 16.9 Å². The fraction of sp³-hybridized carbons (Fsp3) is 0.143. The van der Waals surface area contributed by atoms with E-state index in [0.717, 1.165) is 17.7 Å². The fourth-order valence-electron chi connectivity index (χ4n) is 4.72. The third kappa shape index (κ3) is 9.27. The van der Waals surface area contributed by atoms with Crippen LogP contribution >= 0.6 is 0 Å². The highest BCUT2D eigenvalue weighted by Crippen LogP contribution is 2.21. The molecule has 1 heterocycles. The average Bonchev–Trinajstić information content (AvgIpc) is 3.60. The fourth-order valence-corrected chi connectivity index (χ4v) is 5.78. The standard InChI is InChI=1S/C35H31F2N3O6S/c36-27-10-8-26(9-11-27)23-40(33(21-25-5-2-1-3-6-25)35(42)38-22-31-7-4-20-45-31)34(41)24-46-30-16-18-32(19-17-30)47(43,44)39-29-14-12-28(37)13-15-29/h1-20,33,39H,21-24H2,(H,38,42). The number of furan rings is 1. The molecule has 9 nitrogen and oxygen atoms in total. The molecule has 0 aliphatic heterocycles. The van der Waals surface area contributed by atoms with E-state index in [0.29, 0.717) is 11.3 Å². The summed E-state index contributed by atoms with van der Waals surface area (Å²) in [6.45, 7) is -0.379. The zero-order valence-electron chi connectivity index (χ0n) is 25.0. The third-order valence-electron chi connectivity index (χ3n) is 7.15. The lowest BCUT2D eigenvalue weighted by Crippen LogP contribution is -2.51. The zero-order chi connectivity index (χ0) is 33.2. The van der Waals surface area contributed by atoms with Crippen LogP contribution in [0.5, 0.6) is 5.75 Å². The molecule has 1 aromatic heterocycles. The maximum atomic E-state index is 13.8. The molecule has 47 heavy (non-hydrogen) atoms. The van der Waals surface area contributed by atoms with Gasteiger partial charge in [0.25, 0.3) is 15.9 Å². The Bertz CT molecular complexity index is 1870. The number of benzene rings is 4. The lowest BCUT2D eigenvalue weighted by Gasteiger charge is -2.31. The monoisotopic (exact) mass is 659 g/mol. The van der Waals surface area contributed by atoms with Gasteiger partial charge >= 0.3 is 0 Å². The van der Waals surface area contributed by atoms with E-state index in [1.165, 1.54) is 71.8 Å². The Morgan fingerprint density at radius 3 is 2.09 bits per heavy atom. The minimum atomic E-state index is -3.98. The first-order chi connectivity index (χ1) is 22.7. The Hall–Kier alpha value is -5.49. The summed E-state index contributed by atoms with van der Waals surface area (Å²) < 4.78 is 65.9. The van der Waals surface area contributed by atoms with Crippen LogP contribution < -0.4 is 14.8 Å². The molecule has 0 bridgehead atoms. The van der Waals surface area contributed by atoms with Crippen molar-refractivity contribution in [1.29, 1.82) is 0 Å². The van der Waals surface area contributed by atoms with Gasteiger partial charge < -0.3 is 19.4 Å². The number of nitrogens with one attached hydrogen (secondary N) is 2. The third-order valence-corrected chi connectivity index (χ3v) is 8.54. The molecule has 2 amide bonds. The second-order valence-corrected chi connectivity index (χ2v) is 12.2. The Morgan fingerprint density at radius 1 is 0.787 bits per heavy atom. The van der Waals surface area contributed by atoms with Gasteiger partial charge in [0.15, 0.2) is 6.61 Å². The molecular formula is C35H31F2N3O6S. The van der Waals surface area contributed by atoms with Crippen LogP contribution in [0.15, 0.2) is 131 Å². The van der Waals surface area contributed by atoms with Gasteiger partial charge in [0.05, 0.1) is 17.7 Å². The van der Waals surface area contributed by atoms with E-state index in [1.54, 1.807) is 12.1 Å². The van der Waals surface area contributed by atoms with Gasteiger partial charge in [-0.1, -0.05) is 42.5 Å². The van der Waals surface area contributed by atoms with Crippen LogP contribution in [-0.4, -0.2) is 37.8 Å². The first-order valence-electron chi connectivity index (χ1n) is 14.6. The van der Waals surface area contributed by atoms with Crippen molar-refractivity contribution in [2.75, 3.05) is 11.3 Å². The average molecular weight is 660 g/mol. The highest BCUT2D eigenvalue weighted by atomic mass is 32.2. The molecule has 4 aromatic carbocycles. The number of rotatable bonds is 14. The molecule has 0 radical (unpaired) electrons. The number of sulfonamides is 1. The minimum absolute atomic E-state index is 0.0135. The largest absolute Gasteiger partial charge is 0.484 e. The second-order valence-electron chi connectivity index (χ2n) is 10.5. The quantitative estimate of drug-likeness (QED) is 0.158. The Labute approximate surface area is 270 Å². The van der Waals surface area contributed by atoms with Crippen molar-refractivity contribution < 1.29 is 35.9 Å². The summed E-state index contributed by atoms with van der Waals surface area (Å²) in [4.78, 5) is 28.8. The molecule has 1 atom stereocenters. The van der Waals surface area contributed by atoms with Crippen LogP contribution in [0.2, 0.25) is 0 Å². The number of halogens is 2. The molecule has 5 rings (SSSR count). The molecule has 0 saturated heterocycles. The van der Waals surface area contributed by atoms with Crippen molar-refractivity contribution in [3.8, 4) is 5.75 Å². The van der Waals surface area contributed by atoms with Crippen LogP contribution in [-0.2, 0) is 39.1 Å². The smallest absolute Gasteiger partial charge is 0.261 e. The molecule has 5 aromatic rings. The van der Waals surface area contributed by atoms with Crippen molar-refractivity contribution in [1.82, 2.24) is 10.2 Å². The molecule has 242 valence electrons. The Morgan fingerprint density at radius 2 is 1.45 bits per heavy atom. The van der Waals surface area contributed by atoms with E-state index in [-0.39, 0.29) is 35.8 Å². The number of anilines is 1. The minimum Gasteiger partial charge on any atom is -0.484 e. The highest BCUT2D eigenvalue weighted by Gasteiger charge is 2.31. The van der Waals surface area contributed by atoms with Gasteiger partial charge in [-0.15, -0.1) is 0 Å². The van der Waals surface area contributed by atoms with Crippen molar-refractivity contribution in [3.63, 3.8) is 0 Å². The van der Waals surface area contributed by atoms with Gasteiger partial charge in [-0.05, 0) is 83.9 Å². The molecular weight excluding hydrogens is 628 g/mol. The normalized spacial score (nSPS) is 11.8. The molecule has 0 aliphatic rings.